The molecule has 0 aliphatic carbocycles. The molecule has 0 aliphatic heterocycles. The van der Waals surface area contributed by atoms with Gasteiger partial charge in [-0.25, -0.2) is 13.6 Å². The van der Waals surface area contributed by atoms with E-state index >= 15 is 0 Å². The van der Waals surface area contributed by atoms with E-state index in [4.69, 9.17) is 0 Å². The van der Waals surface area contributed by atoms with Crippen LogP contribution in [0.5, 0.6) is 0 Å². The van der Waals surface area contributed by atoms with Crippen molar-refractivity contribution >= 4 is 27.6 Å². The maximum atomic E-state index is 14.5. The number of nitrogens with one attached hydrogen (secondary N) is 1. The second-order valence-electron chi connectivity index (χ2n) is 7.44. The summed E-state index contributed by atoms with van der Waals surface area (Å²) in [6, 6.07) is 17.2. The summed E-state index contributed by atoms with van der Waals surface area (Å²) in [7, 11) is 0. The number of pyridine rings is 1. The van der Waals surface area contributed by atoms with E-state index in [-0.39, 0.29) is 28.9 Å². The second-order valence-corrected chi connectivity index (χ2v) is 7.44. The maximum absolute atomic E-state index is 14.5. The number of hydrogen-bond acceptors (Lipinski definition) is 2. The van der Waals surface area contributed by atoms with Gasteiger partial charge in [0.15, 0.2) is 0 Å². The molecule has 2 aromatic heterocycles. The lowest BCUT2D eigenvalue weighted by atomic mass is 9.98. The Morgan fingerprint density at radius 1 is 1.00 bits per heavy atom. The minimum atomic E-state index is -1.28. The fourth-order valence-corrected chi connectivity index (χ4v) is 4.22. The van der Waals surface area contributed by atoms with Gasteiger partial charge >= 0.3 is 5.97 Å². The summed E-state index contributed by atoms with van der Waals surface area (Å²) in [5, 5.41) is 12.4. The molecule has 5 aromatic rings. The van der Waals surface area contributed by atoms with E-state index in [2.05, 4.69) is 4.98 Å². The van der Waals surface area contributed by atoms with Crippen LogP contribution in [0.2, 0.25) is 0 Å². The lowest BCUT2D eigenvalue weighted by Gasteiger charge is -2.10. The Morgan fingerprint density at radius 3 is 2.59 bits per heavy atom. The van der Waals surface area contributed by atoms with Gasteiger partial charge in [-0.3, -0.25) is 4.79 Å². The van der Waals surface area contributed by atoms with Gasteiger partial charge in [-0.15, -0.1) is 0 Å². The lowest BCUT2D eigenvalue weighted by molar-refractivity contribution is 0.0687. The molecule has 5 nitrogen and oxygen atoms in total. The van der Waals surface area contributed by atoms with Crippen molar-refractivity contribution in [1.29, 1.82) is 0 Å². The fourth-order valence-electron chi connectivity index (χ4n) is 4.22. The summed E-state index contributed by atoms with van der Waals surface area (Å²) in [6.45, 7) is -0.217. The molecule has 0 unspecified atom stereocenters. The van der Waals surface area contributed by atoms with E-state index in [0.717, 1.165) is 29.0 Å². The van der Waals surface area contributed by atoms with Crippen molar-refractivity contribution in [3.63, 3.8) is 0 Å². The number of benzene rings is 3. The molecule has 0 radical (unpaired) electrons. The number of aromatic nitrogens is 2. The van der Waals surface area contributed by atoms with Crippen LogP contribution in [0.4, 0.5) is 8.78 Å². The molecule has 5 rings (SSSR count). The molecule has 0 fully saturated rings. The average Bonchev–Trinajstić information content (AvgIpc) is 3.11. The number of nitrogens with zero attached hydrogens (tertiary/aromatic N) is 1. The lowest BCUT2D eigenvalue weighted by Crippen LogP contribution is -2.14. The van der Waals surface area contributed by atoms with Crippen molar-refractivity contribution in [1.82, 2.24) is 9.55 Å². The average molecular weight is 430 g/mol. The highest BCUT2D eigenvalue weighted by molar-refractivity contribution is 6.18. The third-order valence-electron chi connectivity index (χ3n) is 5.58. The third kappa shape index (κ3) is 3.06. The Bertz CT molecular complexity index is 1580. The molecule has 0 aliphatic rings. The predicted molar refractivity (Wildman–Crippen MR) is 118 cm³/mol. The molecular weight excluding hydrogens is 414 g/mol. The highest BCUT2D eigenvalue weighted by atomic mass is 19.1. The van der Waals surface area contributed by atoms with Crippen molar-refractivity contribution in [2.45, 2.75) is 6.54 Å². The predicted octanol–water partition coefficient (Wildman–Crippen LogP) is 5.17. The Kier molecular flexibility index (Phi) is 4.59. The number of H-pyrrole nitrogens is 1. The zero-order valence-corrected chi connectivity index (χ0v) is 16.6. The number of rotatable bonds is 4. The molecule has 7 heteroatoms. The van der Waals surface area contributed by atoms with E-state index < -0.39 is 23.2 Å². The Morgan fingerprint density at radius 2 is 1.81 bits per heavy atom. The normalized spacial score (nSPS) is 11.3. The first-order chi connectivity index (χ1) is 15.5. The van der Waals surface area contributed by atoms with Crippen LogP contribution in [0, 0.1) is 11.6 Å². The van der Waals surface area contributed by atoms with Gasteiger partial charge in [-0.05, 0) is 47.2 Å². The van der Waals surface area contributed by atoms with Crippen molar-refractivity contribution in [2.75, 3.05) is 0 Å². The third-order valence-corrected chi connectivity index (χ3v) is 5.58. The number of carboxylic acid groups (broad SMARTS) is 1. The minimum absolute atomic E-state index is 0.00563. The van der Waals surface area contributed by atoms with Gasteiger partial charge in [-0.2, -0.15) is 0 Å². The molecule has 0 amide bonds. The molecule has 0 saturated heterocycles. The first-order valence-electron chi connectivity index (χ1n) is 9.85. The number of hydrogen-bond donors (Lipinski definition) is 2. The quantitative estimate of drug-likeness (QED) is 0.413. The fraction of sp³-hybridized carbons (Fsp3) is 0.0400. The van der Waals surface area contributed by atoms with E-state index in [1.807, 2.05) is 30.3 Å². The number of aromatic amines is 1. The monoisotopic (exact) mass is 430 g/mol. The first kappa shape index (κ1) is 19.7. The van der Waals surface area contributed by atoms with Crippen molar-refractivity contribution in [3.8, 4) is 11.1 Å². The van der Waals surface area contributed by atoms with Crippen molar-refractivity contribution in [3.05, 3.63) is 106 Å². The Hall–Kier alpha value is -4.26. The molecule has 2 N–H and O–H groups in total. The summed E-state index contributed by atoms with van der Waals surface area (Å²) >= 11 is 0. The summed E-state index contributed by atoms with van der Waals surface area (Å²) in [4.78, 5) is 27.7. The molecule has 3 aromatic carbocycles. The summed E-state index contributed by atoms with van der Waals surface area (Å²) in [6.07, 6.45) is 1.46. The van der Waals surface area contributed by atoms with Crippen LogP contribution in [0.1, 0.15) is 16.1 Å². The van der Waals surface area contributed by atoms with E-state index in [1.54, 1.807) is 18.2 Å². The van der Waals surface area contributed by atoms with Gasteiger partial charge in [0.1, 0.15) is 17.3 Å². The topological polar surface area (TPSA) is 75.1 Å². The Labute approximate surface area is 180 Å². The molecule has 0 saturated carbocycles. The number of carbonyl (C=O) groups is 1. The summed E-state index contributed by atoms with van der Waals surface area (Å²) < 4.78 is 29.7. The number of aromatic carboxylic acids is 1. The van der Waals surface area contributed by atoms with Gasteiger partial charge in [0, 0.05) is 22.7 Å². The largest absolute Gasteiger partial charge is 0.477 e. The second kappa shape index (κ2) is 7.46. The zero-order chi connectivity index (χ0) is 22.4. The number of carboxylic acids is 1. The van der Waals surface area contributed by atoms with Gasteiger partial charge < -0.3 is 14.7 Å². The van der Waals surface area contributed by atoms with Crippen molar-refractivity contribution in [2.24, 2.45) is 0 Å². The molecular formula is C25H16F2N2O3. The SMILES string of the molecule is O=C(O)c1c(-c2ccc[nH]c2=O)c2c3ccccc3ccc2n1Cc1cc(F)ccc1F. The van der Waals surface area contributed by atoms with E-state index in [0.29, 0.717) is 10.9 Å². The van der Waals surface area contributed by atoms with E-state index in [9.17, 15) is 23.5 Å². The first-order valence-corrected chi connectivity index (χ1v) is 9.85. The van der Waals surface area contributed by atoms with Crippen LogP contribution in [-0.2, 0) is 6.54 Å². The Balaban J connectivity index is 1.95. The standard InChI is InChI=1S/C25H16F2N2O3/c26-16-8-9-19(27)15(12-16)13-29-20-10-7-14-4-1-2-5-17(14)21(20)22(23(29)25(31)32)18-6-3-11-28-24(18)30/h1-12H,13H2,(H,28,30)(H,31,32). The van der Waals surface area contributed by atoms with Crippen LogP contribution in [0.25, 0.3) is 32.8 Å². The number of halogens is 2. The van der Waals surface area contributed by atoms with Gasteiger partial charge in [0.05, 0.1) is 17.6 Å². The van der Waals surface area contributed by atoms with Crippen LogP contribution in [0.15, 0.2) is 77.7 Å². The van der Waals surface area contributed by atoms with Gasteiger partial charge in [-0.1, -0.05) is 30.3 Å². The summed E-state index contributed by atoms with van der Waals surface area (Å²) in [5.74, 6) is -2.55. The van der Waals surface area contributed by atoms with Crippen LogP contribution >= 0.6 is 0 Å². The minimum Gasteiger partial charge on any atom is -0.477 e. The smallest absolute Gasteiger partial charge is 0.353 e. The highest BCUT2D eigenvalue weighted by Crippen LogP contribution is 2.38. The highest BCUT2D eigenvalue weighted by Gasteiger charge is 2.27. The molecule has 0 spiro atoms. The van der Waals surface area contributed by atoms with Crippen LogP contribution in [0.3, 0.4) is 0 Å². The van der Waals surface area contributed by atoms with Crippen molar-refractivity contribution < 1.29 is 18.7 Å². The molecule has 32 heavy (non-hydrogen) atoms. The van der Waals surface area contributed by atoms with E-state index in [1.165, 1.54) is 10.8 Å². The van der Waals surface area contributed by atoms with Gasteiger partial charge in [0.25, 0.3) is 5.56 Å². The summed E-state index contributed by atoms with van der Waals surface area (Å²) in [5.41, 5.74) is 0.317. The maximum Gasteiger partial charge on any atom is 0.353 e. The van der Waals surface area contributed by atoms with Gasteiger partial charge in [0.2, 0.25) is 0 Å². The molecule has 2 heterocycles. The number of fused-ring (bicyclic) bond motifs is 3. The molecule has 158 valence electrons. The molecule has 0 bridgehead atoms. The van der Waals surface area contributed by atoms with Crippen LogP contribution in [-0.4, -0.2) is 20.6 Å². The zero-order valence-electron chi connectivity index (χ0n) is 16.6. The van der Waals surface area contributed by atoms with Crippen LogP contribution < -0.4 is 5.56 Å². The molecule has 0 atom stereocenters.